The number of carbonyl (C=O) groups is 1. The number of hydrogen-bond acceptors (Lipinski definition) is 4. The van der Waals surface area contributed by atoms with Crippen LogP contribution in [0.5, 0.6) is 0 Å². The minimum Gasteiger partial charge on any atom is -0.466 e. The summed E-state index contributed by atoms with van der Waals surface area (Å²) in [4.78, 5) is 17.0. The van der Waals surface area contributed by atoms with Gasteiger partial charge in [-0.3, -0.25) is 9.79 Å². The normalized spacial score (nSPS) is 14.1. The Hall–Kier alpha value is -1.58. The van der Waals surface area contributed by atoms with Crippen molar-refractivity contribution >= 4 is 12.2 Å². The molecule has 1 rings (SSSR count). The summed E-state index contributed by atoms with van der Waals surface area (Å²) in [6.45, 7) is 3.07. The topological polar surface area (TPSA) is 41.9 Å². The van der Waals surface area contributed by atoms with E-state index in [1.807, 2.05) is 30.3 Å². The average Bonchev–Trinajstić information content (AvgIpc) is 2.47. The van der Waals surface area contributed by atoms with Crippen molar-refractivity contribution in [3.63, 3.8) is 0 Å². The Labute approximate surface area is 89.9 Å². The molecule has 0 aromatic heterocycles. The molecule has 15 heavy (non-hydrogen) atoms. The van der Waals surface area contributed by atoms with Gasteiger partial charge in [-0.05, 0) is 19.4 Å². The number of esters is 1. The summed E-state index contributed by atoms with van der Waals surface area (Å²) >= 11 is 0. The Bertz CT molecular complexity index is 266. The first-order chi connectivity index (χ1) is 7.33. The summed E-state index contributed by atoms with van der Waals surface area (Å²) in [5, 5.41) is 0. The van der Waals surface area contributed by atoms with Crippen molar-refractivity contribution in [2.45, 2.75) is 19.8 Å². The first kappa shape index (κ1) is 11.5. The van der Waals surface area contributed by atoms with Gasteiger partial charge in [0.05, 0.1) is 6.61 Å². The fourth-order valence-electron chi connectivity index (χ4n) is 1.21. The van der Waals surface area contributed by atoms with Gasteiger partial charge >= 0.3 is 5.97 Å². The van der Waals surface area contributed by atoms with Gasteiger partial charge in [0, 0.05) is 37.8 Å². The van der Waals surface area contributed by atoms with Crippen LogP contribution in [0.4, 0.5) is 0 Å². The Kier molecular flexibility index (Phi) is 5.22. The molecule has 0 aromatic carbocycles. The summed E-state index contributed by atoms with van der Waals surface area (Å²) in [6.07, 6.45) is 10.4. The molecule has 82 valence electrons. The highest BCUT2D eigenvalue weighted by molar-refractivity contribution is 5.71. The highest BCUT2D eigenvalue weighted by atomic mass is 16.5. The van der Waals surface area contributed by atoms with Crippen LogP contribution in [0.3, 0.4) is 0 Å². The van der Waals surface area contributed by atoms with E-state index in [0.29, 0.717) is 13.0 Å². The Balaban J connectivity index is 2.17. The van der Waals surface area contributed by atoms with Crippen LogP contribution in [-0.4, -0.2) is 30.2 Å². The molecule has 0 spiro atoms. The van der Waals surface area contributed by atoms with Crippen molar-refractivity contribution in [1.29, 1.82) is 0 Å². The minimum absolute atomic E-state index is 0.128. The van der Waals surface area contributed by atoms with Gasteiger partial charge in [-0.1, -0.05) is 0 Å². The van der Waals surface area contributed by atoms with E-state index < -0.39 is 0 Å². The third-order valence-electron chi connectivity index (χ3n) is 1.90. The quantitative estimate of drug-likeness (QED) is 0.646. The van der Waals surface area contributed by atoms with Gasteiger partial charge in [-0.25, -0.2) is 0 Å². The van der Waals surface area contributed by atoms with Gasteiger partial charge in [0.25, 0.3) is 0 Å². The number of allylic oxidation sites excluding steroid dienone is 1. The van der Waals surface area contributed by atoms with Crippen LogP contribution in [0.15, 0.2) is 29.7 Å². The van der Waals surface area contributed by atoms with Crippen LogP contribution in [0.2, 0.25) is 0 Å². The van der Waals surface area contributed by atoms with Crippen LogP contribution >= 0.6 is 0 Å². The summed E-state index contributed by atoms with van der Waals surface area (Å²) in [6, 6.07) is 0. The number of ether oxygens (including phenoxy) is 1. The van der Waals surface area contributed by atoms with Crippen molar-refractivity contribution in [2.24, 2.45) is 4.99 Å². The molecule has 0 radical (unpaired) electrons. The molecule has 0 N–H and O–H groups in total. The predicted molar refractivity (Wildman–Crippen MR) is 59.3 cm³/mol. The van der Waals surface area contributed by atoms with Gasteiger partial charge in [0.2, 0.25) is 0 Å². The number of hydrogen-bond donors (Lipinski definition) is 0. The van der Waals surface area contributed by atoms with Crippen molar-refractivity contribution in [1.82, 2.24) is 4.90 Å². The van der Waals surface area contributed by atoms with Gasteiger partial charge < -0.3 is 9.64 Å². The van der Waals surface area contributed by atoms with Crippen molar-refractivity contribution < 1.29 is 9.53 Å². The maximum atomic E-state index is 11.1. The maximum Gasteiger partial charge on any atom is 0.305 e. The molecule has 0 saturated carbocycles. The van der Waals surface area contributed by atoms with Gasteiger partial charge in [-0.2, -0.15) is 0 Å². The van der Waals surface area contributed by atoms with Crippen LogP contribution in [0.25, 0.3) is 0 Å². The third kappa shape index (κ3) is 5.00. The van der Waals surface area contributed by atoms with Crippen LogP contribution in [-0.2, 0) is 9.53 Å². The first-order valence-electron chi connectivity index (χ1n) is 5.11. The zero-order chi connectivity index (χ0) is 10.9. The molecule has 4 heteroatoms. The molecule has 1 aliphatic rings. The van der Waals surface area contributed by atoms with Gasteiger partial charge in [-0.15, -0.1) is 0 Å². The molecule has 4 nitrogen and oxygen atoms in total. The molecule has 0 aliphatic carbocycles. The van der Waals surface area contributed by atoms with E-state index in [9.17, 15) is 4.79 Å². The molecular weight excluding hydrogens is 192 g/mol. The smallest absolute Gasteiger partial charge is 0.305 e. The lowest BCUT2D eigenvalue weighted by Crippen LogP contribution is -2.13. The van der Waals surface area contributed by atoms with Crippen molar-refractivity contribution in [2.75, 3.05) is 13.2 Å². The molecule has 0 fully saturated rings. The van der Waals surface area contributed by atoms with E-state index >= 15 is 0 Å². The van der Waals surface area contributed by atoms with E-state index in [1.54, 1.807) is 12.4 Å². The Morgan fingerprint density at radius 3 is 3.13 bits per heavy atom. The first-order valence-corrected chi connectivity index (χ1v) is 5.11. The van der Waals surface area contributed by atoms with E-state index in [1.165, 1.54) is 0 Å². The molecular formula is C11H16N2O2. The summed E-state index contributed by atoms with van der Waals surface area (Å²) in [7, 11) is 0. The summed E-state index contributed by atoms with van der Waals surface area (Å²) in [5.41, 5.74) is 0. The molecule has 0 amide bonds. The van der Waals surface area contributed by atoms with Crippen LogP contribution < -0.4 is 0 Å². The monoisotopic (exact) mass is 208 g/mol. The summed E-state index contributed by atoms with van der Waals surface area (Å²) in [5.74, 6) is -0.128. The lowest BCUT2D eigenvalue weighted by atomic mass is 10.3. The van der Waals surface area contributed by atoms with Gasteiger partial charge in [0.15, 0.2) is 0 Å². The number of carbonyl (C=O) groups excluding carboxylic acids is 1. The summed E-state index contributed by atoms with van der Waals surface area (Å²) < 4.78 is 4.84. The highest BCUT2D eigenvalue weighted by Gasteiger charge is 2.02. The zero-order valence-electron chi connectivity index (χ0n) is 8.93. The van der Waals surface area contributed by atoms with Crippen LogP contribution in [0.1, 0.15) is 19.8 Å². The average molecular weight is 208 g/mol. The Morgan fingerprint density at radius 2 is 2.33 bits per heavy atom. The number of nitrogens with zero attached hydrogens (tertiary/aromatic N) is 2. The van der Waals surface area contributed by atoms with Crippen LogP contribution in [0, 0.1) is 0 Å². The molecule has 0 saturated heterocycles. The second-order valence-electron chi connectivity index (χ2n) is 3.08. The third-order valence-corrected chi connectivity index (χ3v) is 1.90. The lowest BCUT2D eigenvalue weighted by molar-refractivity contribution is -0.143. The fourth-order valence-corrected chi connectivity index (χ4v) is 1.21. The molecule has 0 aromatic rings. The zero-order valence-corrected chi connectivity index (χ0v) is 8.93. The van der Waals surface area contributed by atoms with E-state index in [-0.39, 0.29) is 5.97 Å². The molecule has 1 aliphatic heterocycles. The maximum absolute atomic E-state index is 11.1. The molecule has 0 bridgehead atoms. The van der Waals surface area contributed by atoms with E-state index in [0.717, 1.165) is 13.0 Å². The fraction of sp³-hybridized carbons (Fsp3) is 0.455. The predicted octanol–water partition coefficient (Wildman–Crippen LogP) is 1.70. The van der Waals surface area contributed by atoms with E-state index in [2.05, 4.69) is 4.99 Å². The molecule has 0 unspecified atom stereocenters. The van der Waals surface area contributed by atoms with Crippen molar-refractivity contribution in [3.8, 4) is 0 Å². The second kappa shape index (κ2) is 6.81. The lowest BCUT2D eigenvalue weighted by Gasteiger charge is -2.13. The highest BCUT2D eigenvalue weighted by Crippen LogP contribution is 2.01. The molecule has 0 atom stereocenters. The largest absolute Gasteiger partial charge is 0.466 e. The Morgan fingerprint density at radius 1 is 1.47 bits per heavy atom. The van der Waals surface area contributed by atoms with Crippen molar-refractivity contribution in [3.05, 3.63) is 24.7 Å². The SMILES string of the molecule is CCOC(=O)CCCN1C=CC=NC=C1. The minimum atomic E-state index is -0.128. The molecule has 1 heterocycles. The number of rotatable bonds is 5. The second-order valence-corrected chi connectivity index (χ2v) is 3.08. The van der Waals surface area contributed by atoms with E-state index in [4.69, 9.17) is 4.74 Å². The van der Waals surface area contributed by atoms with Gasteiger partial charge in [0.1, 0.15) is 0 Å². The standard InChI is InChI=1S/C11H16N2O2/c1-2-15-11(14)5-3-8-13-9-4-6-12-7-10-13/h4,6-7,9-10H,2-3,5,8H2,1H3. The number of aliphatic imine (C=N–C) groups is 1.